The maximum Gasteiger partial charge on any atom is 0.280 e. The van der Waals surface area contributed by atoms with Crippen molar-refractivity contribution >= 4 is 39.3 Å². The Morgan fingerprint density at radius 1 is 1.09 bits per heavy atom. The highest BCUT2D eigenvalue weighted by atomic mass is 79.9. The van der Waals surface area contributed by atoms with E-state index in [1.807, 2.05) is 61.5 Å². The predicted octanol–water partition coefficient (Wildman–Crippen LogP) is 4.26. The first-order valence-corrected chi connectivity index (χ1v) is 7.89. The first-order valence-electron chi connectivity index (χ1n) is 7.10. The van der Waals surface area contributed by atoms with Crippen molar-refractivity contribution in [2.24, 2.45) is 5.10 Å². The summed E-state index contributed by atoms with van der Waals surface area (Å²) >= 11 is 3.39. The van der Waals surface area contributed by atoms with Crippen LogP contribution in [0.1, 0.15) is 12.5 Å². The van der Waals surface area contributed by atoms with Gasteiger partial charge in [-0.25, -0.2) is 0 Å². The van der Waals surface area contributed by atoms with Crippen molar-refractivity contribution in [2.45, 2.75) is 6.92 Å². The molecule has 0 radical (unpaired) electrons. The van der Waals surface area contributed by atoms with Crippen LogP contribution in [0.2, 0.25) is 0 Å². The van der Waals surface area contributed by atoms with Crippen molar-refractivity contribution in [2.75, 3.05) is 12.1 Å². The molecular weight excluding hydrogens is 356 g/mol. The van der Waals surface area contributed by atoms with Crippen LogP contribution in [-0.4, -0.2) is 18.7 Å². The van der Waals surface area contributed by atoms with Crippen LogP contribution in [0.25, 0.3) is 6.08 Å². The number of anilines is 1. The van der Waals surface area contributed by atoms with Crippen LogP contribution in [0.4, 0.5) is 5.69 Å². The largest absolute Gasteiger partial charge is 0.497 e. The molecule has 0 aliphatic carbocycles. The topological polar surface area (TPSA) is 41.9 Å². The van der Waals surface area contributed by atoms with Crippen molar-refractivity contribution in [1.29, 1.82) is 0 Å². The molecule has 0 bridgehead atoms. The van der Waals surface area contributed by atoms with Crippen molar-refractivity contribution < 1.29 is 9.53 Å². The zero-order valence-corrected chi connectivity index (χ0v) is 14.4. The zero-order valence-electron chi connectivity index (χ0n) is 12.8. The number of hydrazone groups is 1. The van der Waals surface area contributed by atoms with Crippen LogP contribution in [0.15, 0.2) is 63.7 Å². The van der Waals surface area contributed by atoms with E-state index in [0.29, 0.717) is 11.3 Å². The summed E-state index contributed by atoms with van der Waals surface area (Å²) in [6.07, 6.45) is 1.85. The third-order valence-electron chi connectivity index (χ3n) is 3.56. The fourth-order valence-electron chi connectivity index (χ4n) is 2.31. The molecule has 0 saturated carbocycles. The van der Waals surface area contributed by atoms with Gasteiger partial charge in [-0.1, -0.05) is 28.1 Å². The lowest BCUT2D eigenvalue weighted by molar-refractivity contribution is -0.114. The number of rotatable bonds is 3. The van der Waals surface area contributed by atoms with Gasteiger partial charge in [-0.15, -0.1) is 0 Å². The lowest BCUT2D eigenvalue weighted by Crippen LogP contribution is -2.21. The molecule has 2 aromatic rings. The second-order valence-corrected chi connectivity index (χ2v) is 6.03. The van der Waals surface area contributed by atoms with E-state index in [1.54, 1.807) is 7.11 Å². The average Bonchev–Trinajstić information content (AvgIpc) is 2.84. The number of halogens is 1. The summed E-state index contributed by atoms with van der Waals surface area (Å²) in [6.45, 7) is 1.84. The van der Waals surface area contributed by atoms with Gasteiger partial charge in [-0.2, -0.15) is 10.1 Å². The van der Waals surface area contributed by atoms with Crippen LogP contribution in [0.5, 0.6) is 5.75 Å². The molecule has 1 aliphatic rings. The second kappa shape index (κ2) is 6.38. The van der Waals surface area contributed by atoms with Gasteiger partial charge in [-0.05, 0) is 55.0 Å². The fourth-order valence-corrected chi connectivity index (χ4v) is 2.57. The molecular formula is C18H15BrN2O2. The van der Waals surface area contributed by atoms with Crippen LogP contribution in [-0.2, 0) is 4.79 Å². The normalized spacial score (nSPS) is 16.0. The fraction of sp³-hybridized carbons (Fsp3) is 0.111. The highest BCUT2D eigenvalue weighted by molar-refractivity contribution is 9.10. The van der Waals surface area contributed by atoms with Gasteiger partial charge in [0.2, 0.25) is 0 Å². The Hall–Kier alpha value is -2.40. The number of carbonyl (C=O) groups is 1. The van der Waals surface area contributed by atoms with Gasteiger partial charge in [0.1, 0.15) is 5.75 Å². The van der Waals surface area contributed by atoms with Crippen molar-refractivity contribution in [3.8, 4) is 5.75 Å². The molecule has 2 aromatic carbocycles. The third kappa shape index (κ3) is 3.19. The van der Waals surface area contributed by atoms with Crippen molar-refractivity contribution in [3.05, 3.63) is 64.1 Å². The van der Waals surface area contributed by atoms with Gasteiger partial charge in [0.15, 0.2) is 0 Å². The Labute approximate surface area is 143 Å². The van der Waals surface area contributed by atoms with E-state index in [4.69, 9.17) is 4.74 Å². The lowest BCUT2D eigenvalue weighted by atomic mass is 10.1. The molecule has 3 rings (SSSR count). The molecule has 0 spiro atoms. The van der Waals surface area contributed by atoms with Gasteiger partial charge in [0.05, 0.1) is 24.1 Å². The summed E-state index contributed by atoms with van der Waals surface area (Å²) in [5.41, 5.74) is 2.98. The highest BCUT2D eigenvalue weighted by Crippen LogP contribution is 2.26. The Bertz CT molecular complexity index is 793. The minimum atomic E-state index is -0.124. The van der Waals surface area contributed by atoms with Crippen LogP contribution in [0, 0.1) is 0 Å². The summed E-state index contributed by atoms with van der Waals surface area (Å²) in [5.74, 6) is 0.660. The molecule has 4 nitrogen and oxygen atoms in total. The quantitative estimate of drug-likeness (QED) is 0.757. The van der Waals surface area contributed by atoms with Crippen LogP contribution >= 0.6 is 15.9 Å². The van der Waals surface area contributed by atoms with E-state index in [2.05, 4.69) is 21.0 Å². The van der Waals surface area contributed by atoms with E-state index in [0.717, 1.165) is 21.5 Å². The number of methoxy groups -OCH3 is 1. The molecule has 0 atom stereocenters. The summed E-state index contributed by atoms with van der Waals surface area (Å²) in [4.78, 5) is 12.6. The highest BCUT2D eigenvalue weighted by Gasteiger charge is 2.28. The number of amides is 1. The molecule has 0 saturated heterocycles. The lowest BCUT2D eigenvalue weighted by Gasteiger charge is -2.11. The van der Waals surface area contributed by atoms with Gasteiger partial charge in [0.25, 0.3) is 5.91 Å². The molecule has 0 aromatic heterocycles. The molecule has 0 unspecified atom stereocenters. The maximum atomic E-state index is 12.6. The smallest absolute Gasteiger partial charge is 0.280 e. The molecule has 1 aliphatic heterocycles. The van der Waals surface area contributed by atoms with E-state index < -0.39 is 0 Å². The first-order chi connectivity index (χ1) is 11.1. The number of hydrogen-bond donors (Lipinski definition) is 0. The van der Waals surface area contributed by atoms with Crippen molar-refractivity contribution in [1.82, 2.24) is 0 Å². The van der Waals surface area contributed by atoms with Gasteiger partial charge >= 0.3 is 0 Å². The van der Waals surface area contributed by atoms with Crippen molar-refractivity contribution in [3.63, 3.8) is 0 Å². The minimum absolute atomic E-state index is 0.124. The molecule has 1 amide bonds. The van der Waals surface area contributed by atoms with Gasteiger partial charge in [-0.3, -0.25) is 4.79 Å². The van der Waals surface area contributed by atoms with E-state index in [-0.39, 0.29) is 5.91 Å². The molecule has 1 heterocycles. The predicted molar refractivity (Wildman–Crippen MR) is 95.7 cm³/mol. The molecule has 23 heavy (non-hydrogen) atoms. The SMILES string of the molecule is COc1ccc(/C=C2\C(=O)N(c3ccc(Br)cc3)N=C2C)cc1. The molecule has 5 heteroatoms. The average molecular weight is 371 g/mol. The number of benzene rings is 2. The van der Waals surface area contributed by atoms with E-state index >= 15 is 0 Å². The number of ether oxygens (including phenoxy) is 1. The van der Waals surface area contributed by atoms with Crippen LogP contribution < -0.4 is 9.75 Å². The van der Waals surface area contributed by atoms with Gasteiger partial charge in [0, 0.05) is 4.47 Å². The van der Waals surface area contributed by atoms with Gasteiger partial charge < -0.3 is 4.74 Å². The molecule has 0 N–H and O–H groups in total. The van der Waals surface area contributed by atoms with Crippen LogP contribution in [0.3, 0.4) is 0 Å². The Balaban J connectivity index is 1.89. The summed E-state index contributed by atoms with van der Waals surface area (Å²) in [5, 5.41) is 5.80. The zero-order chi connectivity index (χ0) is 16.4. The molecule has 116 valence electrons. The molecule has 0 fully saturated rings. The number of nitrogens with zero attached hydrogens (tertiary/aromatic N) is 2. The minimum Gasteiger partial charge on any atom is -0.497 e. The van der Waals surface area contributed by atoms with E-state index in [9.17, 15) is 4.79 Å². The Morgan fingerprint density at radius 3 is 2.35 bits per heavy atom. The second-order valence-electron chi connectivity index (χ2n) is 5.11. The van der Waals surface area contributed by atoms with E-state index in [1.165, 1.54) is 5.01 Å². The standard InChI is InChI=1S/C18H15BrN2O2/c1-12-17(11-13-3-9-16(23-2)10-4-13)18(22)21(20-12)15-7-5-14(19)6-8-15/h3-11H,1-2H3/b17-11-. The summed E-state index contributed by atoms with van der Waals surface area (Å²) in [6, 6.07) is 15.0. The maximum absolute atomic E-state index is 12.6. The summed E-state index contributed by atoms with van der Waals surface area (Å²) < 4.78 is 6.10. The monoisotopic (exact) mass is 370 g/mol. The summed E-state index contributed by atoms with van der Waals surface area (Å²) in [7, 11) is 1.63. The first kappa shape index (κ1) is 15.5. The third-order valence-corrected chi connectivity index (χ3v) is 4.09. The Kier molecular flexibility index (Phi) is 4.30. The Morgan fingerprint density at radius 2 is 1.74 bits per heavy atom. The number of hydrogen-bond acceptors (Lipinski definition) is 3. The number of carbonyl (C=O) groups excluding carboxylic acids is 1.